The largest absolute Gasteiger partial charge is 0.481 e. The Balaban J connectivity index is 1.88. The molecule has 7 atom stereocenters. The second-order valence-electron chi connectivity index (χ2n) is 16.6. The Morgan fingerprint density at radius 1 is 1.08 bits per heavy atom. The van der Waals surface area contributed by atoms with Crippen LogP contribution in [0.1, 0.15) is 120 Å². The zero-order chi connectivity index (χ0) is 47.2. The van der Waals surface area contributed by atoms with Crippen molar-refractivity contribution < 1.29 is 55.8 Å². The summed E-state index contributed by atoms with van der Waals surface area (Å²) in [6.07, 6.45) is 2.93. The molecule has 2 unspecified atom stereocenters. The van der Waals surface area contributed by atoms with Gasteiger partial charge in [-0.1, -0.05) is 53.5 Å². The minimum atomic E-state index is -4.96. The highest BCUT2D eigenvalue weighted by Crippen LogP contribution is 2.32. The first-order valence-corrected chi connectivity index (χ1v) is 24.1. The molecule has 21 heteroatoms. The van der Waals surface area contributed by atoms with Gasteiger partial charge in [-0.3, -0.25) is 38.2 Å². The summed E-state index contributed by atoms with van der Waals surface area (Å²) < 4.78 is 42.8. The van der Waals surface area contributed by atoms with Gasteiger partial charge in [0.2, 0.25) is 17.7 Å². The van der Waals surface area contributed by atoms with E-state index in [1.165, 1.54) is 37.4 Å². The molecule has 5 N–H and O–H groups in total. The molecule has 1 aromatic heterocycles. The number of benzene rings is 1. The molecule has 0 aliphatic carbocycles. The number of carboxylic acids is 1. The molecule has 0 saturated carbocycles. The van der Waals surface area contributed by atoms with Crippen molar-refractivity contribution in [1.29, 1.82) is 0 Å². The highest BCUT2D eigenvalue weighted by atomic mass is 32.3. The minimum Gasteiger partial charge on any atom is -0.481 e. The molecule has 2 heterocycles. The van der Waals surface area contributed by atoms with Crippen molar-refractivity contribution in [2.24, 2.45) is 17.8 Å². The van der Waals surface area contributed by atoms with E-state index in [0.29, 0.717) is 30.6 Å². The maximum atomic E-state index is 14.3. The number of carbonyl (C=O) groups is 6. The predicted molar refractivity (Wildman–Crippen MR) is 241 cm³/mol. The normalized spacial score (nSPS) is 17.3. The SMILES string of the molecule is CC[C@H](C)C(NC(=O)[C@H]1CCCCN1C)C(=O)N(C)[C@H](C[C@@H](OC(C)=O)c1nc(C(=O)N[C@@H](Cc2ccc(OS(=O)(=O)O)c(NC(=O)CCCS)c2)CC(C)C(=O)O)cs1)C(C)C. The number of carbonyl (C=O) groups excluding carboxylic acids is 5. The van der Waals surface area contributed by atoms with Crippen LogP contribution < -0.4 is 20.1 Å². The van der Waals surface area contributed by atoms with E-state index in [4.69, 9.17) is 4.74 Å². The Kier molecular flexibility index (Phi) is 20.8. The fourth-order valence-electron chi connectivity index (χ4n) is 7.46. The summed E-state index contributed by atoms with van der Waals surface area (Å²) in [4.78, 5) is 86.7. The highest BCUT2D eigenvalue weighted by Gasteiger charge is 2.37. The number of piperidine rings is 1. The second kappa shape index (κ2) is 24.7. The van der Waals surface area contributed by atoms with E-state index in [1.807, 2.05) is 39.6 Å². The topological polar surface area (TPSA) is 251 Å². The molecular formula is C42H64N6O12S3. The zero-order valence-corrected chi connectivity index (χ0v) is 39.8. The fraction of sp³-hybridized carbons (Fsp3) is 0.643. The van der Waals surface area contributed by atoms with Gasteiger partial charge in [0, 0.05) is 44.3 Å². The van der Waals surface area contributed by atoms with Crippen LogP contribution in [-0.4, -0.2) is 119 Å². The van der Waals surface area contributed by atoms with Gasteiger partial charge in [0.25, 0.3) is 5.91 Å². The van der Waals surface area contributed by atoms with E-state index >= 15 is 0 Å². The number of hydrogen-bond donors (Lipinski definition) is 6. The number of esters is 1. The molecule has 1 aliphatic rings. The predicted octanol–water partition coefficient (Wildman–Crippen LogP) is 4.92. The van der Waals surface area contributed by atoms with Crippen LogP contribution in [-0.2, 0) is 45.5 Å². The first kappa shape index (κ1) is 53.0. The number of likely N-dealkylation sites (tertiary alicyclic amines) is 1. The Morgan fingerprint density at radius 2 is 1.78 bits per heavy atom. The summed E-state index contributed by atoms with van der Waals surface area (Å²) >= 11 is 5.17. The number of ether oxygens (including phenoxy) is 1. The third kappa shape index (κ3) is 16.6. The smallest absolute Gasteiger partial charge is 0.446 e. The Labute approximate surface area is 380 Å². The molecule has 352 valence electrons. The molecular weight excluding hydrogens is 877 g/mol. The first-order chi connectivity index (χ1) is 29.5. The van der Waals surface area contributed by atoms with Gasteiger partial charge in [0.1, 0.15) is 16.7 Å². The third-order valence-corrected chi connectivity index (χ3v) is 12.9. The summed E-state index contributed by atoms with van der Waals surface area (Å²) in [6, 6.07) is 1.63. The van der Waals surface area contributed by atoms with Crippen molar-refractivity contribution in [3.05, 3.63) is 39.8 Å². The van der Waals surface area contributed by atoms with Crippen LogP contribution in [0.25, 0.3) is 0 Å². The van der Waals surface area contributed by atoms with Gasteiger partial charge in [0.15, 0.2) is 11.9 Å². The lowest BCUT2D eigenvalue weighted by Crippen LogP contribution is -2.58. The van der Waals surface area contributed by atoms with E-state index in [0.717, 1.165) is 30.7 Å². The number of aromatic nitrogens is 1. The standard InChI is InChI=1S/C42H64N6O12S3/c1-9-25(4)37(46-39(52)32-13-10-11-17-47(32)7)41(53)48(8)33(24(2)3)22-35(59-27(6)49)40-45-31(23-62-40)38(51)43-29(19-26(5)42(54)55)20-28-15-16-34(60-63(56,57)58)30(21-28)44-36(50)14-12-18-61/h15-16,21,23-26,29,32-33,35,37,61H,9-14,17-20,22H2,1-8H3,(H,43,51)(H,44,50)(H,46,52)(H,54,55)(H,56,57,58)/t25-,26?,29+,32+,33+,35+,37?/m0/s1. The van der Waals surface area contributed by atoms with Crippen LogP contribution in [0, 0.1) is 17.8 Å². The molecule has 1 fully saturated rings. The maximum absolute atomic E-state index is 14.3. The van der Waals surface area contributed by atoms with Gasteiger partial charge in [0.05, 0.1) is 17.6 Å². The van der Waals surface area contributed by atoms with Gasteiger partial charge >= 0.3 is 22.3 Å². The van der Waals surface area contributed by atoms with Gasteiger partial charge in [-0.25, -0.2) is 4.98 Å². The lowest BCUT2D eigenvalue weighted by atomic mass is 9.92. The van der Waals surface area contributed by atoms with Crippen LogP contribution in [0.5, 0.6) is 5.75 Å². The van der Waals surface area contributed by atoms with Gasteiger partial charge in [-0.05, 0) is 81.0 Å². The molecule has 1 aliphatic heterocycles. The summed E-state index contributed by atoms with van der Waals surface area (Å²) in [6.45, 7) is 11.3. The molecule has 0 radical (unpaired) electrons. The molecule has 63 heavy (non-hydrogen) atoms. The minimum absolute atomic E-state index is 0.0218. The summed E-state index contributed by atoms with van der Waals surface area (Å²) in [5, 5.41) is 20.0. The van der Waals surface area contributed by atoms with Gasteiger partial charge < -0.3 is 34.9 Å². The van der Waals surface area contributed by atoms with Crippen molar-refractivity contribution in [1.82, 2.24) is 25.4 Å². The quantitative estimate of drug-likeness (QED) is 0.0465. The number of hydrogen-bond acceptors (Lipinski definition) is 14. The Morgan fingerprint density at radius 3 is 2.37 bits per heavy atom. The van der Waals surface area contributed by atoms with E-state index in [1.54, 1.807) is 11.9 Å². The van der Waals surface area contributed by atoms with E-state index < -0.39 is 64.3 Å². The molecule has 2 aromatic rings. The molecule has 0 spiro atoms. The Hall–Kier alpha value is -4.31. The molecule has 1 aromatic carbocycles. The first-order valence-electron chi connectivity index (χ1n) is 21.2. The van der Waals surface area contributed by atoms with Crippen molar-refractivity contribution in [3.63, 3.8) is 0 Å². The number of nitrogens with zero attached hydrogens (tertiary/aromatic N) is 3. The van der Waals surface area contributed by atoms with Crippen LogP contribution in [0.2, 0.25) is 0 Å². The van der Waals surface area contributed by atoms with Crippen LogP contribution >= 0.6 is 24.0 Å². The second-order valence-corrected chi connectivity index (χ2v) is 19.0. The van der Waals surface area contributed by atoms with Gasteiger partial charge in [-0.2, -0.15) is 21.0 Å². The highest BCUT2D eigenvalue weighted by molar-refractivity contribution is 7.81. The van der Waals surface area contributed by atoms with Crippen molar-refractivity contribution in [2.75, 3.05) is 31.7 Å². The third-order valence-electron chi connectivity index (χ3n) is 11.2. The number of nitrogens with one attached hydrogen (secondary N) is 3. The van der Waals surface area contributed by atoms with Crippen molar-refractivity contribution in [3.8, 4) is 5.75 Å². The molecule has 18 nitrogen and oxygen atoms in total. The summed E-state index contributed by atoms with van der Waals surface area (Å²) in [5.74, 6) is -4.47. The summed E-state index contributed by atoms with van der Waals surface area (Å²) in [5.41, 5.74) is 0.339. The number of thiol groups is 1. The fourth-order valence-corrected chi connectivity index (χ4v) is 8.83. The number of likely N-dealkylation sites (N-methyl/N-ethyl adjacent to an activating group) is 2. The van der Waals surface area contributed by atoms with E-state index in [9.17, 15) is 46.8 Å². The number of aliphatic carboxylic acids is 1. The monoisotopic (exact) mass is 940 g/mol. The lowest BCUT2D eigenvalue weighted by molar-refractivity contribution is -0.149. The number of carboxylic acid groups (broad SMARTS) is 1. The van der Waals surface area contributed by atoms with Gasteiger partial charge in [-0.15, -0.1) is 11.3 Å². The molecule has 3 rings (SSSR count). The van der Waals surface area contributed by atoms with Crippen LogP contribution in [0.15, 0.2) is 23.6 Å². The van der Waals surface area contributed by atoms with E-state index in [2.05, 4.69) is 37.7 Å². The number of rotatable bonds is 24. The van der Waals surface area contributed by atoms with Crippen LogP contribution in [0.4, 0.5) is 5.69 Å². The summed E-state index contributed by atoms with van der Waals surface area (Å²) in [7, 11) is -1.38. The number of amides is 4. The number of anilines is 1. The molecule has 1 saturated heterocycles. The molecule has 0 bridgehead atoms. The van der Waals surface area contributed by atoms with E-state index in [-0.39, 0.29) is 77.5 Å². The maximum Gasteiger partial charge on any atom is 0.446 e. The van der Waals surface area contributed by atoms with Crippen molar-refractivity contribution in [2.45, 2.75) is 130 Å². The van der Waals surface area contributed by atoms with Crippen LogP contribution in [0.3, 0.4) is 0 Å². The molecule has 4 amide bonds. The Bertz CT molecular complexity index is 2010. The average molecular weight is 941 g/mol. The lowest BCUT2D eigenvalue weighted by Gasteiger charge is -2.38. The average Bonchev–Trinajstić information content (AvgIpc) is 3.71. The number of thiazole rings is 1. The van der Waals surface area contributed by atoms with Crippen molar-refractivity contribution >= 4 is 75.6 Å². The zero-order valence-electron chi connectivity index (χ0n) is 37.3.